The second-order valence-corrected chi connectivity index (χ2v) is 4.57. The lowest BCUT2D eigenvalue weighted by Gasteiger charge is -2.28. The van der Waals surface area contributed by atoms with Gasteiger partial charge in [-0.15, -0.1) is 0 Å². The summed E-state index contributed by atoms with van der Waals surface area (Å²) in [5.41, 5.74) is 3.59. The van der Waals surface area contributed by atoms with Gasteiger partial charge in [0.05, 0.1) is 13.7 Å². The lowest BCUT2D eigenvalue weighted by atomic mass is 9.90. The molecule has 0 aromatic heterocycles. The highest BCUT2D eigenvalue weighted by Gasteiger charge is 2.21. The number of aliphatic hydroxyl groups excluding tert-OH is 1. The molecule has 0 saturated carbocycles. The SMILES string of the molecule is CCCC1NCCc2cc(CO)c(OC)cc21. The molecule has 3 nitrogen and oxygen atoms in total. The maximum atomic E-state index is 9.32. The molecule has 94 valence electrons. The van der Waals surface area contributed by atoms with E-state index in [4.69, 9.17) is 4.74 Å². The van der Waals surface area contributed by atoms with Crippen LogP contribution in [0.25, 0.3) is 0 Å². The van der Waals surface area contributed by atoms with Gasteiger partial charge in [-0.2, -0.15) is 0 Å². The molecule has 2 N–H and O–H groups in total. The Morgan fingerprint density at radius 3 is 2.94 bits per heavy atom. The summed E-state index contributed by atoms with van der Waals surface area (Å²) >= 11 is 0. The van der Waals surface area contributed by atoms with Crippen molar-refractivity contribution >= 4 is 0 Å². The molecule has 0 fully saturated rings. The zero-order valence-electron chi connectivity index (χ0n) is 10.6. The fraction of sp³-hybridized carbons (Fsp3) is 0.571. The van der Waals surface area contributed by atoms with Gasteiger partial charge in [-0.1, -0.05) is 13.3 Å². The van der Waals surface area contributed by atoms with Crippen molar-refractivity contribution in [2.45, 2.75) is 38.8 Å². The van der Waals surface area contributed by atoms with Gasteiger partial charge in [-0.3, -0.25) is 0 Å². The molecule has 0 radical (unpaired) electrons. The number of ether oxygens (including phenoxy) is 1. The van der Waals surface area contributed by atoms with Crippen LogP contribution in [0.2, 0.25) is 0 Å². The van der Waals surface area contributed by atoms with Crippen LogP contribution in [-0.4, -0.2) is 18.8 Å². The van der Waals surface area contributed by atoms with Crippen molar-refractivity contribution in [2.75, 3.05) is 13.7 Å². The fourth-order valence-electron chi connectivity index (χ4n) is 2.58. The van der Waals surface area contributed by atoms with E-state index >= 15 is 0 Å². The van der Waals surface area contributed by atoms with E-state index in [-0.39, 0.29) is 6.61 Å². The van der Waals surface area contributed by atoms with Gasteiger partial charge in [-0.05, 0) is 42.6 Å². The summed E-state index contributed by atoms with van der Waals surface area (Å²) in [7, 11) is 1.66. The Balaban J connectivity index is 2.39. The van der Waals surface area contributed by atoms with Crippen LogP contribution in [0.4, 0.5) is 0 Å². The van der Waals surface area contributed by atoms with Gasteiger partial charge in [0.2, 0.25) is 0 Å². The Hall–Kier alpha value is -1.06. The topological polar surface area (TPSA) is 41.5 Å². The maximum Gasteiger partial charge on any atom is 0.124 e. The minimum Gasteiger partial charge on any atom is -0.496 e. The number of hydrogen-bond donors (Lipinski definition) is 2. The van der Waals surface area contributed by atoms with Gasteiger partial charge in [0, 0.05) is 11.6 Å². The van der Waals surface area contributed by atoms with Gasteiger partial charge in [0.25, 0.3) is 0 Å². The third-order valence-corrected chi connectivity index (χ3v) is 3.45. The molecule has 1 aliphatic rings. The van der Waals surface area contributed by atoms with E-state index in [1.165, 1.54) is 17.5 Å². The van der Waals surface area contributed by atoms with Crippen molar-refractivity contribution in [1.29, 1.82) is 0 Å². The number of aliphatic hydroxyl groups is 1. The molecule has 0 spiro atoms. The van der Waals surface area contributed by atoms with Crippen molar-refractivity contribution in [1.82, 2.24) is 5.32 Å². The summed E-state index contributed by atoms with van der Waals surface area (Å²) in [4.78, 5) is 0. The Morgan fingerprint density at radius 2 is 2.29 bits per heavy atom. The molecule has 1 aromatic carbocycles. The molecule has 0 aliphatic carbocycles. The number of nitrogens with one attached hydrogen (secondary N) is 1. The van der Waals surface area contributed by atoms with Crippen molar-refractivity contribution in [3.05, 3.63) is 28.8 Å². The monoisotopic (exact) mass is 235 g/mol. The lowest BCUT2D eigenvalue weighted by molar-refractivity contribution is 0.273. The van der Waals surface area contributed by atoms with E-state index in [0.717, 1.165) is 30.7 Å². The standard InChI is InChI=1S/C14H21NO2/c1-3-4-13-12-8-14(17-2)11(9-16)7-10(12)5-6-15-13/h7-8,13,15-16H,3-6,9H2,1-2H3. The van der Waals surface area contributed by atoms with Gasteiger partial charge in [-0.25, -0.2) is 0 Å². The highest BCUT2D eigenvalue weighted by atomic mass is 16.5. The zero-order chi connectivity index (χ0) is 12.3. The van der Waals surface area contributed by atoms with Crippen LogP contribution < -0.4 is 10.1 Å². The van der Waals surface area contributed by atoms with E-state index in [9.17, 15) is 5.11 Å². The first-order valence-corrected chi connectivity index (χ1v) is 6.34. The highest BCUT2D eigenvalue weighted by Crippen LogP contribution is 2.32. The summed E-state index contributed by atoms with van der Waals surface area (Å²) in [6, 6.07) is 4.62. The molecule has 1 aromatic rings. The van der Waals surface area contributed by atoms with Gasteiger partial charge in [0.1, 0.15) is 5.75 Å². The highest BCUT2D eigenvalue weighted by molar-refractivity contribution is 5.45. The normalized spacial score (nSPS) is 18.9. The average Bonchev–Trinajstić information content (AvgIpc) is 2.38. The Bertz CT molecular complexity index is 390. The molecule has 1 atom stereocenters. The molecule has 0 amide bonds. The first-order chi connectivity index (χ1) is 8.30. The van der Waals surface area contributed by atoms with Gasteiger partial charge in [0.15, 0.2) is 0 Å². The molecule has 1 unspecified atom stereocenters. The maximum absolute atomic E-state index is 9.32. The number of fused-ring (bicyclic) bond motifs is 1. The van der Waals surface area contributed by atoms with Crippen LogP contribution >= 0.6 is 0 Å². The molecule has 0 bridgehead atoms. The van der Waals surface area contributed by atoms with Crippen molar-refractivity contribution in [3.63, 3.8) is 0 Å². The molecule has 1 aliphatic heterocycles. The zero-order valence-corrected chi connectivity index (χ0v) is 10.6. The number of hydrogen-bond acceptors (Lipinski definition) is 3. The summed E-state index contributed by atoms with van der Waals surface area (Å²) in [6.45, 7) is 3.27. The van der Waals surface area contributed by atoms with Crippen LogP contribution in [0, 0.1) is 0 Å². The van der Waals surface area contributed by atoms with Crippen molar-refractivity contribution in [2.24, 2.45) is 0 Å². The first kappa shape index (κ1) is 12.4. The van der Waals surface area contributed by atoms with Crippen LogP contribution in [0.3, 0.4) is 0 Å². The van der Waals surface area contributed by atoms with Crippen LogP contribution in [0.1, 0.15) is 42.5 Å². The third kappa shape index (κ3) is 2.45. The predicted octanol–water partition coefficient (Wildman–Crippen LogP) is 2.17. The van der Waals surface area contributed by atoms with Crippen LogP contribution in [0.5, 0.6) is 5.75 Å². The average molecular weight is 235 g/mol. The summed E-state index contributed by atoms with van der Waals surface area (Å²) < 4.78 is 5.34. The molecular formula is C14H21NO2. The Kier molecular flexibility index (Phi) is 4.02. The van der Waals surface area contributed by atoms with Crippen molar-refractivity contribution in [3.8, 4) is 5.75 Å². The largest absolute Gasteiger partial charge is 0.496 e. The van der Waals surface area contributed by atoms with Crippen LogP contribution in [-0.2, 0) is 13.0 Å². The second kappa shape index (κ2) is 5.52. The number of methoxy groups -OCH3 is 1. The van der Waals surface area contributed by atoms with Crippen LogP contribution in [0.15, 0.2) is 12.1 Å². The molecule has 17 heavy (non-hydrogen) atoms. The van der Waals surface area contributed by atoms with Gasteiger partial charge >= 0.3 is 0 Å². The van der Waals surface area contributed by atoms with E-state index in [0.29, 0.717) is 6.04 Å². The van der Waals surface area contributed by atoms with E-state index in [1.54, 1.807) is 7.11 Å². The summed E-state index contributed by atoms with van der Waals surface area (Å²) in [5, 5.41) is 12.9. The fourth-order valence-corrected chi connectivity index (χ4v) is 2.58. The number of rotatable bonds is 4. The molecular weight excluding hydrogens is 214 g/mol. The molecule has 0 saturated heterocycles. The first-order valence-electron chi connectivity index (χ1n) is 6.34. The van der Waals surface area contributed by atoms with Crippen molar-refractivity contribution < 1.29 is 9.84 Å². The van der Waals surface area contributed by atoms with Gasteiger partial charge < -0.3 is 15.2 Å². The van der Waals surface area contributed by atoms with E-state index in [2.05, 4.69) is 24.4 Å². The number of benzene rings is 1. The summed E-state index contributed by atoms with van der Waals surface area (Å²) in [6.07, 6.45) is 3.35. The molecule has 1 heterocycles. The quantitative estimate of drug-likeness (QED) is 0.840. The van der Waals surface area contributed by atoms with E-state index < -0.39 is 0 Å². The predicted molar refractivity (Wildman–Crippen MR) is 68.3 cm³/mol. The minimum absolute atomic E-state index is 0.0440. The molecule has 2 rings (SSSR count). The van der Waals surface area contributed by atoms with E-state index in [1.807, 2.05) is 0 Å². The summed E-state index contributed by atoms with van der Waals surface area (Å²) in [5.74, 6) is 0.802. The third-order valence-electron chi connectivity index (χ3n) is 3.45. The Labute approximate surface area is 103 Å². The smallest absolute Gasteiger partial charge is 0.124 e. The molecule has 3 heteroatoms. The Morgan fingerprint density at radius 1 is 1.47 bits per heavy atom. The minimum atomic E-state index is 0.0440. The second-order valence-electron chi connectivity index (χ2n) is 4.57. The lowest BCUT2D eigenvalue weighted by Crippen LogP contribution is -2.29.